The molecule has 0 atom stereocenters. The van der Waals surface area contributed by atoms with Gasteiger partial charge in [-0.05, 0) is 67.1 Å². The molecule has 0 unspecified atom stereocenters. The Kier molecular flexibility index (Phi) is 6.26. The van der Waals surface area contributed by atoms with Crippen molar-refractivity contribution in [1.29, 1.82) is 0 Å². The number of hydrogen-bond donors (Lipinski definition) is 0. The van der Waals surface area contributed by atoms with Crippen molar-refractivity contribution < 1.29 is 4.42 Å². The van der Waals surface area contributed by atoms with Gasteiger partial charge in [-0.25, -0.2) is 4.99 Å². The van der Waals surface area contributed by atoms with Gasteiger partial charge >= 0.3 is 0 Å². The molecule has 1 aliphatic rings. The van der Waals surface area contributed by atoms with Gasteiger partial charge in [-0.2, -0.15) is 0 Å². The summed E-state index contributed by atoms with van der Waals surface area (Å²) < 4.78 is 11.6. The zero-order valence-corrected chi connectivity index (χ0v) is 28.7. The fourth-order valence-corrected chi connectivity index (χ4v) is 8.66. The minimum Gasteiger partial charge on any atom is -0.455 e. The van der Waals surface area contributed by atoms with Crippen molar-refractivity contribution in [2.45, 2.75) is 19.8 Å². The van der Waals surface area contributed by atoms with Crippen LogP contribution in [0.1, 0.15) is 25.3 Å². The molecule has 4 heteroatoms. The minimum absolute atomic E-state index is 0.809. The normalized spacial score (nSPS) is 16.8. The van der Waals surface area contributed by atoms with Crippen LogP contribution in [0.25, 0.3) is 82.5 Å². The highest BCUT2D eigenvalue weighted by Gasteiger charge is 2.25. The predicted octanol–water partition coefficient (Wildman–Crippen LogP) is 10.9. The van der Waals surface area contributed by atoms with Gasteiger partial charge in [0.1, 0.15) is 17.0 Å². The summed E-state index contributed by atoms with van der Waals surface area (Å²) in [6.07, 6.45) is 1.73. The van der Waals surface area contributed by atoms with E-state index in [0.29, 0.717) is 0 Å². The first-order valence-electron chi connectivity index (χ1n) is 18.0. The Morgan fingerprint density at radius 3 is 1.98 bits per heavy atom. The van der Waals surface area contributed by atoms with E-state index in [1.807, 2.05) is 6.07 Å². The van der Waals surface area contributed by atoms with Crippen LogP contribution in [0, 0.1) is 0 Å². The van der Waals surface area contributed by atoms with Gasteiger partial charge in [0.05, 0.1) is 33.2 Å². The highest BCUT2D eigenvalue weighted by atomic mass is 16.3. The first-order chi connectivity index (χ1) is 25.7. The van der Waals surface area contributed by atoms with E-state index in [-0.39, 0.29) is 0 Å². The second-order valence-corrected chi connectivity index (χ2v) is 13.9. The maximum absolute atomic E-state index is 6.70. The molecule has 1 aliphatic heterocycles. The Morgan fingerprint density at radius 1 is 0.500 bits per heavy atom. The monoisotopic (exact) mass is 667 g/mol. The molecular weight excluding hydrogens is 635 g/mol. The zero-order valence-electron chi connectivity index (χ0n) is 28.7. The first kappa shape index (κ1) is 29.1. The molecule has 246 valence electrons. The second kappa shape index (κ2) is 11.2. The third-order valence-electron chi connectivity index (χ3n) is 11.0. The standard InChI is InChI=1S/C48H33N3O/c1-30-24-29-43(49-46(31-14-4-2-5-15-31)35-20-9-8-18-33(30)35)51-39-22-12-10-21-37(39)44-40(51)28-26-38-45-41(50(47(38)44)32-16-6-3-7-17-32)27-25-36-34-19-11-13-23-42(34)52-48(36)45/h2-23,25-28H,24,29H2,1H3/b33-30-,46-35-,49-43+. The number of rotatable bonds is 2. The van der Waals surface area contributed by atoms with Crippen molar-refractivity contribution in [3.8, 4) is 5.69 Å². The summed E-state index contributed by atoms with van der Waals surface area (Å²) in [7, 11) is 0. The van der Waals surface area contributed by atoms with Gasteiger partial charge in [0.2, 0.25) is 0 Å². The molecule has 3 aromatic heterocycles. The summed E-state index contributed by atoms with van der Waals surface area (Å²) in [6.45, 7) is 2.27. The maximum Gasteiger partial charge on any atom is 0.145 e. The van der Waals surface area contributed by atoms with Crippen LogP contribution < -0.4 is 10.4 Å². The number of nitrogens with zero attached hydrogens (tertiary/aromatic N) is 3. The number of furan rings is 1. The number of aliphatic imine (C=N–C) groups is 1. The van der Waals surface area contributed by atoms with Crippen molar-refractivity contribution >= 4 is 82.7 Å². The topological polar surface area (TPSA) is 35.4 Å². The van der Waals surface area contributed by atoms with Gasteiger partial charge in [0, 0.05) is 49.8 Å². The summed E-state index contributed by atoms with van der Waals surface area (Å²) in [6, 6.07) is 56.4. The lowest BCUT2D eigenvalue weighted by molar-refractivity contribution is 0.673. The van der Waals surface area contributed by atoms with Crippen molar-refractivity contribution in [3.63, 3.8) is 0 Å². The molecule has 7 aromatic carbocycles. The molecule has 10 aromatic rings. The van der Waals surface area contributed by atoms with Gasteiger partial charge in [-0.3, -0.25) is 4.57 Å². The highest BCUT2D eigenvalue weighted by molar-refractivity contribution is 6.31. The average Bonchev–Trinajstić information content (AvgIpc) is 3.86. The van der Waals surface area contributed by atoms with Crippen LogP contribution >= 0.6 is 0 Å². The third-order valence-corrected chi connectivity index (χ3v) is 11.0. The van der Waals surface area contributed by atoms with Gasteiger partial charge in [-0.15, -0.1) is 0 Å². The first-order valence-corrected chi connectivity index (χ1v) is 18.0. The molecular formula is C48H33N3O. The average molecular weight is 668 g/mol. The van der Waals surface area contributed by atoms with Crippen LogP contribution in [-0.4, -0.2) is 15.0 Å². The molecule has 0 N–H and O–H groups in total. The van der Waals surface area contributed by atoms with Crippen molar-refractivity contribution in [3.05, 3.63) is 174 Å². The molecule has 11 rings (SSSR count). The molecule has 0 saturated carbocycles. The van der Waals surface area contributed by atoms with Crippen molar-refractivity contribution in [2.75, 3.05) is 0 Å². The molecule has 0 saturated heterocycles. The van der Waals surface area contributed by atoms with E-state index in [0.717, 1.165) is 79.5 Å². The van der Waals surface area contributed by atoms with Gasteiger partial charge in [-0.1, -0.05) is 115 Å². The Labute approximate surface area is 299 Å². The van der Waals surface area contributed by atoms with Crippen LogP contribution in [0.4, 0.5) is 0 Å². The number of hydrogen-bond acceptors (Lipinski definition) is 2. The van der Waals surface area contributed by atoms with Crippen LogP contribution in [0.3, 0.4) is 0 Å². The molecule has 0 fully saturated rings. The smallest absolute Gasteiger partial charge is 0.145 e. The molecule has 0 amide bonds. The fourth-order valence-electron chi connectivity index (χ4n) is 8.66. The lowest BCUT2D eigenvalue weighted by atomic mass is 10.0. The molecule has 0 aliphatic carbocycles. The van der Waals surface area contributed by atoms with E-state index < -0.39 is 0 Å². The van der Waals surface area contributed by atoms with Crippen LogP contribution in [0.15, 0.2) is 167 Å². The SMILES string of the molecule is C\C1=c2/cccc/c2=C(c2ccccc2)/N=C(/n2c3ccccc3c3c2ccc2c4c5oc6ccccc6c5ccc4n(-c4ccccc4)c23)CC1. The molecule has 0 bridgehead atoms. The number of benzene rings is 7. The summed E-state index contributed by atoms with van der Waals surface area (Å²) in [4.78, 5) is 5.65. The molecule has 0 radical (unpaired) electrons. The van der Waals surface area contributed by atoms with Crippen LogP contribution in [-0.2, 0) is 0 Å². The highest BCUT2D eigenvalue weighted by Crippen LogP contribution is 2.45. The molecule has 52 heavy (non-hydrogen) atoms. The second-order valence-electron chi connectivity index (χ2n) is 13.9. The largest absolute Gasteiger partial charge is 0.455 e. The van der Waals surface area contributed by atoms with Crippen molar-refractivity contribution in [1.82, 2.24) is 9.13 Å². The van der Waals surface area contributed by atoms with Gasteiger partial charge < -0.3 is 8.98 Å². The Bertz CT molecular complexity index is 3230. The van der Waals surface area contributed by atoms with E-state index in [4.69, 9.17) is 9.41 Å². The summed E-state index contributed by atoms with van der Waals surface area (Å²) in [5, 5.41) is 9.45. The van der Waals surface area contributed by atoms with E-state index in [9.17, 15) is 0 Å². The third kappa shape index (κ3) is 4.12. The molecule has 4 heterocycles. The van der Waals surface area contributed by atoms with Gasteiger partial charge in [0.25, 0.3) is 0 Å². The van der Waals surface area contributed by atoms with E-state index in [1.165, 1.54) is 37.7 Å². The zero-order chi connectivity index (χ0) is 34.3. The van der Waals surface area contributed by atoms with Crippen LogP contribution in [0.5, 0.6) is 0 Å². The predicted molar refractivity (Wildman–Crippen MR) is 217 cm³/mol. The Morgan fingerprint density at radius 2 is 1.15 bits per heavy atom. The summed E-state index contributed by atoms with van der Waals surface area (Å²) in [5.41, 5.74) is 11.0. The Balaban J connectivity index is 1.30. The van der Waals surface area contributed by atoms with E-state index >= 15 is 0 Å². The number of fused-ring (bicyclic) bond motifs is 12. The Hall–Kier alpha value is -6.65. The van der Waals surface area contributed by atoms with E-state index in [1.54, 1.807) is 0 Å². The van der Waals surface area contributed by atoms with Crippen LogP contribution in [0.2, 0.25) is 0 Å². The van der Waals surface area contributed by atoms with Gasteiger partial charge in [0.15, 0.2) is 0 Å². The maximum atomic E-state index is 6.70. The molecule has 4 nitrogen and oxygen atoms in total. The summed E-state index contributed by atoms with van der Waals surface area (Å²) >= 11 is 0. The number of aromatic nitrogens is 2. The fraction of sp³-hybridized carbons (Fsp3) is 0.0625. The molecule has 0 spiro atoms. The lowest BCUT2D eigenvalue weighted by Gasteiger charge is -2.16. The van der Waals surface area contributed by atoms with E-state index in [2.05, 4.69) is 168 Å². The van der Waals surface area contributed by atoms with Crippen molar-refractivity contribution in [2.24, 2.45) is 4.99 Å². The summed E-state index contributed by atoms with van der Waals surface area (Å²) in [5.74, 6) is 1.04. The lowest BCUT2D eigenvalue weighted by Crippen LogP contribution is -2.30. The minimum atomic E-state index is 0.809. The quantitative estimate of drug-likeness (QED) is 0.181. The number of para-hydroxylation sites is 3.